The molecule has 20 heavy (non-hydrogen) atoms. The predicted molar refractivity (Wildman–Crippen MR) is 82.6 cm³/mol. The minimum absolute atomic E-state index is 0.299. The summed E-state index contributed by atoms with van der Waals surface area (Å²) >= 11 is 0. The fraction of sp³-hybridized carbons (Fsp3) is 0.333. The lowest BCUT2D eigenvalue weighted by molar-refractivity contribution is -0.00178. The van der Waals surface area contributed by atoms with E-state index in [1.807, 2.05) is 42.5 Å². The standard InChI is InChI=1S/C18H22O2/c1-13(19)17(18(2,3)20)16-11-9-15(10-12-16)14-7-5-4-6-8-14/h4-13,17,19-20H,1-3H3. The minimum Gasteiger partial charge on any atom is -0.393 e. The molecule has 0 bridgehead atoms. The Morgan fingerprint density at radius 1 is 0.850 bits per heavy atom. The quantitative estimate of drug-likeness (QED) is 0.891. The van der Waals surface area contributed by atoms with E-state index < -0.39 is 11.7 Å². The molecule has 0 aliphatic carbocycles. The lowest BCUT2D eigenvalue weighted by Crippen LogP contribution is -2.35. The zero-order valence-corrected chi connectivity index (χ0v) is 12.2. The van der Waals surface area contributed by atoms with Gasteiger partial charge in [-0.15, -0.1) is 0 Å². The number of hydrogen-bond donors (Lipinski definition) is 2. The second-order valence-electron chi connectivity index (χ2n) is 5.86. The van der Waals surface area contributed by atoms with Gasteiger partial charge in [-0.3, -0.25) is 0 Å². The second kappa shape index (κ2) is 5.78. The SMILES string of the molecule is CC(O)C(c1ccc(-c2ccccc2)cc1)C(C)(C)O. The monoisotopic (exact) mass is 270 g/mol. The van der Waals surface area contributed by atoms with Crippen LogP contribution in [0.3, 0.4) is 0 Å². The molecule has 0 saturated heterocycles. The van der Waals surface area contributed by atoms with Gasteiger partial charge in [0.2, 0.25) is 0 Å². The van der Waals surface area contributed by atoms with Crippen molar-refractivity contribution in [3.05, 3.63) is 60.2 Å². The zero-order valence-electron chi connectivity index (χ0n) is 12.2. The molecule has 0 heterocycles. The van der Waals surface area contributed by atoms with Crippen molar-refractivity contribution in [3.63, 3.8) is 0 Å². The number of benzene rings is 2. The third kappa shape index (κ3) is 3.27. The molecule has 0 aliphatic rings. The summed E-state index contributed by atoms with van der Waals surface area (Å²) in [5, 5.41) is 20.2. The third-order valence-electron chi connectivity index (χ3n) is 3.62. The molecule has 0 aliphatic heterocycles. The summed E-state index contributed by atoms with van der Waals surface area (Å²) in [6, 6.07) is 18.2. The molecular weight excluding hydrogens is 248 g/mol. The van der Waals surface area contributed by atoms with Gasteiger partial charge in [0, 0.05) is 5.92 Å². The smallest absolute Gasteiger partial charge is 0.0684 e. The molecule has 0 radical (unpaired) electrons. The molecule has 2 atom stereocenters. The van der Waals surface area contributed by atoms with Gasteiger partial charge in [0.25, 0.3) is 0 Å². The highest BCUT2D eigenvalue weighted by Gasteiger charge is 2.32. The van der Waals surface area contributed by atoms with Gasteiger partial charge in [-0.05, 0) is 37.5 Å². The molecule has 2 unspecified atom stereocenters. The molecule has 2 aromatic rings. The summed E-state index contributed by atoms with van der Waals surface area (Å²) in [6.45, 7) is 5.18. The van der Waals surface area contributed by atoms with Crippen molar-refractivity contribution in [3.8, 4) is 11.1 Å². The van der Waals surface area contributed by atoms with Crippen LogP contribution in [0.1, 0.15) is 32.3 Å². The van der Waals surface area contributed by atoms with Crippen molar-refractivity contribution in [1.82, 2.24) is 0 Å². The Labute approximate surface area is 120 Å². The van der Waals surface area contributed by atoms with Crippen LogP contribution in [0.25, 0.3) is 11.1 Å². The maximum atomic E-state index is 10.2. The van der Waals surface area contributed by atoms with E-state index >= 15 is 0 Å². The summed E-state index contributed by atoms with van der Waals surface area (Å²) in [7, 11) is 0. The zero-order chi connectivity index (χ0) is 14.8. The Bertz CT molecular complexity index is 536. The van der Waals surface area contributed by atoms with Crippen molar-refractivity contribution < 1.29 is 10.2 Å². The van der Waals surface area contributed by atoms with E-state index in [1.165, 1.54) is 0 Å². The van der Waals surface area contributed by atoms with Crippen LogP contribution in [-0.4, -0.2) is 21.9 Å². The molecule has 2 rings (SSSR count). The fourth-order valence-corrected chi connectivity index (χ4v) is 2.79. The van der Waals surface area contributed by atoms with E-state index in [9.17, 15) is 10.2 Å². The van der Waals surface area contributed by atoms with Crippen LogP contribution in [0, 0.1) is 0 Å². The van der Waals surface area contributed by atoms with Crippen molar-refractivity contribution in [2.75, 3.05) is 0 Å². The van der Waals surface area contributed by atoms with Crippen LogP contribution in [0.4, 0.5) is 0 Å². The highest BCUT2D eigenvalue weighted by Crippen LogP contribution is 2.32. The third-order valence-corrected chi connectivity index (χ3v) is 3.62. The summed E-state index contributed by atoms with van der Waals surface area (Å²) in [5.74, 6) is -0.299. The minimum atomic E-state index is -0.956. The summed E-state index contributed by atoms with van der Waals surface area (Å²) in [5.41, 5.74) is 2.29. The molecule has 0 amide bonds. The Balaban J connectivity index is 2.32. The second-order valence-corrected chi connectivity index (χ2v) is 5.86. The number of aliphatic hydroxyl groups excluding tert-OH is 1. The highest BCUT2D eigenvalue weighted by molar-refractivity contribution is 5.63. The van der Waals surface area contributed by atoms with Crippen LogP contribution < -0.4 is 0 Å². The Hall–Kier alpha value is -1.64. The predicted octanol–water partition coefficient (Wildman–Crippen LogP) is 3.59. The van der Waals surface area contributed by atoms with Crippen LogP contribution >= 0.6 is 0 Å². The average molecular weight is 270 g/mol. The Morgan fingerprint density at radius 2 is 1.35 bits per heavy atom. The van der Waals surface area contributed by atoms with E-state index in [1.54, 1.807) is 20.8 Å². The van der Waals surface area contributed by atoms with Gasteiger partial charge in [0.15, 0.2) is 0 Å². The normalized spacial score (nSPS) is 14.8. The number of rotatable bonds is 4. The van der Waals surface area contributed by atoms with Crippen LogP contribution in [0.2, 0.25) is 0 Å². The van der Waals surface area contributed by atoms with Gasteiger partial charge in [-0.1, -0.05) is 54.6 Å². The van der Waals surface area contributed by atoms with E-state index in [4.69, 9.17) is 0 Å². The van der Waals surface area contributed by atoms with Gasteiger partial charge >= 0.3 is 0 Å². The van der Waals surface area contributed by atoms with Crippen LogP contribution in [0.5, 0.6) is 0 Å². The molecule has 106 valence electrons. The first-order valence-corrected chi connectivity index (χ1v) is 6.95. The molecular formula is C18H22O2. The van der Waals surface area contributed by atoms with Crippen molar-refractivity contribution in [2.24, 2.45) is 0 Å². The first-order chi connectivity index (χ1) is 9.39. The topological polar surface area (TPSA) is 40.5 Å². The number of aliphatic hydroxyl groups is 2. The van der Waals surface area contributed by atoms with Crippen LogP contribution in [0.15, 0.2) is 54.6 Å². The molecule has 0 fully saturated rings. The lowest BCUT2D eigenvalue weighted by Gasteiger charge is -2.32. The van der Waals surface area contributed by atoms with Crippen LogP contribution in [-0.2, 0) is 0 Å². The maximum Gasteiger partial charge on any atom is 0.0684 e. The van der Waals surface area contributed by atoms with E-state index in [-0.39, 0.29) is 5.92 Å². The molecule has 2 nitrogen and oxygen atoms in total. The van der Waals surface area contributed by atoms with Gasteiger partial charge < -0.3 is 10.2 Å². The average Bonchev–Trinajstić information content (AvgIpc) is 2.38. The van der Waals surface area contributed by atoms with Gasteiger partial charge in [-0.25, -0.2) is 0 Å². The number of hydrogen-bond acceptors (Lipinski definition) is 2. The summed E-state index contributed by atoms with van der Waals surface area (Å²) < 4.78 is 0. The molecule has 2 heteroatoms. The maximum absolute atomic E-state index is 10.2. The van der Waals surface area contributed by atoms with E-state index in [2.05, 4.69) is 12.1 Å². The van der Waals surface area contributed by atoms with Crippen molar-refractivity contribution in [1.29, 1.82) is 0 Å². The molecule has 0 aromatic heterocycles. The lowest BCUT2D eigenvalue weighted by atomic mass is 9.81. The molecule has 0 saturated carbocycles. The molecule has 2 N–H and O–H groups in total. The van der Waals surface area contributed by atoms with Gasteiger partial charge in [-0.2, -0.15) is 0 Å². The van der Waals surface area contributed by atoms with Gasteiger partial charge in [0.1, 0.15) is 0 Å². The molecule has 2 aromatic carbocycles. The van der Waals surface area contributed by atoms with E-state index in [0.29, 0.717) is 0 Å². The van der Waals surface area contributed by atoms with Crippen molar-refractivity contribution in [2.45, 2.75) is 38.4 Å². The van der Waals surface area contributed by atoms with E-state index in [0.717, 1.165) is 16.7 Å². The Morgan fingerprint density at radius 3 is 1.80 bits per heavy atom. The van der Waals surface area contributed by atoms with Gasteiger partial charge in [0.05, 0.1) is 11.7 Å². The summed E-state index contributed by atoms with van der Waals surface area (Å²) in [4.78, 5) is 0. The largest absolute Gasteiger partial charge is 0.393 e. The highest BCUT2D eigenvalue weighted by atomic mass is 16.3. The fourth-order valence-electron chi connectivity index (χ4n) is 2.79. The Kier molecular flexibility index (Phi) is 4.26. The molecule has 0 spiro atoms. The summed E-state index contributed by atoms with van der Waals surface area (Å²) in [6.07, 6.45) is -0.599. The first-order valence-electron chi connectivity index (χ1n) is 6.95. The van der Waals surface area contributed by atoms with Crippen molar-refractivity contribution >= 4 is 0 Å². The first kappa shape index (κ1) is 14.8.